The molecule has 1 heterocycles. The van der Waals surface area contributed by atoms with Gasteiger partial charge in [0.05, 0.1) is 5.69 Å². The third kappa shape index (κ3) is 2.52. The fourth-order valence-corrected chi connectivity index (χ4v) is 1.59. The van der Waals surface area contributed by atoms with E-state index >= 15 is 0 Å². The molecule has 0 radical (unpaired) electrons. The number of Topliss-reactive ketones (excluding diaryl/α,β-unsaturated/α-hetero) is 1. The highest BCUT2D eigenvalue weighted by Gasteiger charge is 2.06. The molecule has 0 spiro atoms. The first-order valence-corrected chi connectivity index (χ1v) is 5.65. The summed E-state index contributed by atoms with van der Waals surface area (Å²) >= 11 is 3.94. The number of hydrogen-bond donors (Lipinski definition) is 2. The second kappa shape index (κ2) is 4.99. The molecule has 0 aliphatic rings. The Morgan fingerprint density at radius 2 is 2.06 bits per heavy atom. The van der Waals surface area contributed by atoms with Crippen molar-refractivity contribution in [1.82, 2.24) is 10.2 Å². The van der Waals surface area contributed by atoms with Crippen molar-refractivity contribution >= 4 is 18.4 Å². The van der Waals surface area contributed by atoms with Gasteiger partial charge in [0.25, 0.3) is 0 Å². The van der Waals surface area contributed by atoms with Crippen molar-refractivity contribution in [3.8, 4) is 11.3 Å². The summed E-state index contributed by atoms with van der Waals surface area (Å²) in [5, 5.41) is 7.04. The molecule has 0 atom stereocenters. The predicted molar refractivity (Wildman–Crippen MR) is 66.6 cm³/mol. The quantitative estimate of drug-likeness (QED) is 0.793. The Balaban J connectivity index is 2.17. The third-order valence-corrected chi connectivity index (χ3v) is 2.62. The number of benzene rings is 1. The Kier molecular flexibility index (Phi) is 3.41. The van der Waals surface area contributed by atoms with Crippen LogP contribution in [0.2, 0.25) is 0 Å². The van der Waals surface area contributed by atoms with Gasteiger partial charge in [0.15, 0.2) is 0 Å². The summed E-state index contributed by atoms with van der Waals surface area (Å²) < 4.78 is 0. The third-order valence-electron chi connectivity index (χ3n) is 2.26. The van der Waals surface area contributed by atoms with Crippen LogP contribution >= 0.6 is 12.6 Å². The highest BCUT2D eigenvalue weighted by atomic mass is 32.1. The maximum atomic E-state index is 11.2. The molecule has 2 aromatic rings. The van der Waals surface area contributed by atoms with Crippen LogP contribution in [0.3, 0.4) is 0 Å². The maximum absolute atomic E-state index is 11.2. The minimum Gasteiger partial charge on any atom is -0.298 e. The molecule has 0 amide bonds. The van der Waals surface area contributed by atoms with Gasteiger partial charge < -0.3 is 0 Å². The lowest BCUT2D eigenvalue weighted by Gasteiger charge is -1.93. The second-order valence-electron chi connectivity index (χ2n) is 3.52. The minimum absolute atomic E-state index is 0.0894. The molecule has 1 aromatic carbocycles. The molecule has 4 heteroatoms. The first kappa shape index (κ1) is 11.0. The van der Waals surface area contributed by atoms with E-state index in [1.54, 1.807) is 0 Å². The van der Waals surface area contributed by atoms with Gasteiger partial charge in [-0.15, -0.1) is 0 Å². The normalized spacial score (nSPS) is 10.3. The molecule has 16 heavy (non-hydrogen) atoms. The van der Waals surface area contributed by atoms with E-state index in [2.05, 4.69) is 22.8 Å². The van der Waals surface area contributed by atoms with E-state index in [9.17, 15) is 4.79 Å². The summed E-state index contributed by atoms with van der Waals surface area (Å²) in [5.74, 6) is 0.353. The number of thiol groups is 1. The maximum Gasteiger partial charge on any atom is 0.148 e. The Morgan fingerprint density at radius 3 is 2.75 bits per heavy atom. The smallest absolute Gasteiger partial charge is 0.148 e. The van der Waals surface area contributed by atoms with Crippen LogP contribution in [0, 0.1) is 0 Å². The van der Waals surface area contributed by atoms with Crippen molar-refractivity contribution in [3.63, 3.8) is 0 Å². The van der Waals surface area contributed by atoms with Crippen LogP contribution in [-0.4, -0.2) is 21.7 Å². The van der Waals surface area contributed by atoms with Crippen LogP contribution < -0.4 is 0 Å². The van der Waals surface area contributed by atoms with Gasteiger partial charge in [-0.1, -0.05) is 30.3 Å². The number of hydrogen-bond acceptors (Lipinski definition) is 3. The molecule has 0 aliphatic carbocycles. The lowest BCUT2D eigenvalue weighted by atomic mass is 10.1. The van der Waals surface area contributed by atoms with E-state index in [0.717, 1.165) is 17.0 Å². The Hall–Kier alpha value is -1.55. The van der Waals surface area contributed by atoms with E-state index in [-0.39, 0.29) is 11.5 Å². The van der Waals surface area contributed by atoms with Crippen molar-refractivity contribution in [1.29, 1.82) is 0 Å². The molecule has 1 N–H and O–H groups in total. The van der Waals surface area contributed by atoms with Gasteiger partial charge in [0, 0.05) is 23.4 Å². The van der Waals surface area contributed by atoms with Crippen molar-refractivity contribution in [2.24, 2.45) is 0 Å². The molecular weight excluding hydrogens is 220 g/mol. The molecule has 0 unspecified atom stereocenters. The average molecular weight is 232 g/mol. The number of carbonyl (C=O) groups is 1. The highest BCUT2D eigenvalue weighted by molar-refractivity contribution is 7.81. The average Bonchev–Trinajstić information content (AvgIpc) is 2.78. The summed E-state index contributed by atoms with van der Waals surface area (Å²) in [6.45, 7) is 0. The van der Waals surface area contributed by atoms with E-state index in [1.165, 1.54) is 0 Å². The molecule has 3 nitrogen and oxygen atoms in total. The Morgan fingerprint density at radius 1 is 1.31 bits per heavy atom. The number of nitrogens with zero attached hydrogens (tertiary/aromatic N) is 1. The predicted octanol–water partition coefficient (Wildman–Crippen LogP) is 2.12. The fraction of sp³-hybridized carbons (Fsp3) is 0.167. The van der Waals surface area contributed by atoms with Crippen molar-refractivity contribution < 1.29 is 4.79 Å². The van der Waals surface area contributed by atoms with Crippen molar-refractivity contribution in [2.45, 2.75) is 6.42 Å². The molecule has 1 aromatic heterocycles. The van der Waals surface area contributed by atoms with Crippen molar-refractivity contribution in [2.75, 3.05) is 5.75 Å². The largest absolute Gasteiger partial charge is 0.298 e. The summed E-state index contributed by atoms with van der Waals surface area (Å²) in [5.41, 5.74) is 2.74. The van der Waals surface area contributed by atoms with Crippen LogP contribution in [0.15, 0.2) is 36.4 Å². The topological polar surface area (TPSA) is 45.8 Å². The summed E-state index contributed by atoms with van der Waals surface area (Å²) in [6.07, 6.45) is 0.364. The summed E-state index contributed by atoms with van der Waals surface area (Å²) in [6, 6.07) is 11.8. The van der Waals surface area contributed by atoms with E-state index in [4.69, 9.17) is 0 Å². The van der Waals surface area contributed by atoms with Gasteiger partial charge in [-0.3, -0.25) is 9.89 Å². The first-order valence-electron chi connectivity index (χ1n) is 5.02. The summed E-state index contributed by atoms with van der Waals surface area (Å²) in [4.78, 5) is 11.2. The lowest BCUT2D eigenvalue weighted by Crippen LogP contribution is -2.03. The molecular formula is C12H12N2OS. The van der Waals surface area contributed by atoms with Gasteiger partial charge in [0.2, 0.25) is 0 Å². The highest BCUT2D eigenvalue weighted by Crippen LogP contribution is 2.17. The number of aromatic amines is 1. The van der Waals surface area contributed by atoms with Crippen LogP contribution in [0.25, 0.3) is 11.3 Å². The SMILES string of the molecule is O=C(CS)Cc1cc(-c2ccccc2)n[nH]1. The monoisotopic (exact) mass is 232 g/mol. The Labute approximate surface area is 99.3 Å². The van der Waals surface area contributed by atoms with Crippen LogP contribution in [0.4, 0.5) is 0 Å². The van der Waals surface area contributed by atoms with E-state index in [1.807, 2.05) is 36.4 Å². The summed E-state index contributed by atoms with van der Waals surface area (Å²) in [7, 11) is 0. The molecule has 0 aliphatic heterocycles. The molecule has 0 saturated carbocycles. The van der Waals surface area contributed by atoms with Crippen LogP contribution in [-0.2, 0) is 11.2 Å². The van der Waals surface area contributed by atoms with E-state index < -0.39 is 0 Å². The molecule has 0 fully saturated rings. The number of ketones is 1. The Bertz CT molecular complexity index is 479. The number of carbonyl (C=O) groups excluding carboxylic acids is 1. The van der Waals surface area contributed by atoms with Gasteiger partial charge in [-0.2, -0.15) is 17.7 Å². The molecule has 0 bridgehead atoms. The van der Waals surface area contributed by atoms with Gasteiger partial charge in [-0.05, 0) is 6.07 Å². The number of H-pyrrole nitrogens is 1. The molecule has 2 rings (SSSR count). The number of nitrogens with one attached hydrogen (secondary N) is 1. The zero-order chi connectivity index (χ0) is 11.4. The van der Waals surface area contributed by atoms with E-state index in [0.29, 0.717) is 6.42 Å². The molecule has 82 valence electrons. The first-order chi connectivity index (χ1) is 7.79. The second-order valence-corrected chi connectivity index (χ2v) is 3.83. The lowest BCUT2D eigenvalue weighted by molar-refractivity contribution is -0.116. The van der Waals surface area contributed by atoms with Gasteiger partial charge >= 0.3 is 0 Å². The van der Waals surface area contributed by atoms with Gasteiger partial charge in [-0.25, -0.2) is 0 Å². The number of rotatable bonds is 4. The van der Waals surface area contributed by atoms with Crippen molar-refractivity contribution in [3.05, 3.63) is 42.1 Å². The number of aromatic nitrogens is 2. The standard InChI is InChI=1S/C12H12N2OS/c15-11(8-16)6-10-7-12(14-13-10)9-4-2-1-3-5-9/h1-5,7,16H,6,8H2,(H,13,14). The van der Waals surface area contributed by atoms with Crippen LogP contribution in [0.5, 0.6) is 0 Å². The zero-order valence-corrected chi connectivity index (χ0v) is 9.58. The fourth-order valence-electron chi connectivity index (χ4n) is 1.48. The van der Waals surface area contributed by atoms with Crippen LogP contribution in [0.1, 0.15) is 5.69 Å². The van der Waals surface area contributed by atoms with Gasteiger partial charge in [0.1, 0.15) is 5.78 Å². The minimum atomic E-state index is 0.0894. The molecule has 0 saturated heterocycles. The zero-order valence-electron chi connectivity index (χ0n) is 8.68.